The van der Waals surface area contributed by atoms with Crippen molar-refractivity contribution in [1.29, 1.82) is 0 Å². The minimum atomic E-state index is -0.942. The van der Waals surface area contributed by atoms with Gasteiger partial charge in [-0.1, -0.05) is 26.0 Å². The molecule has 8 nitrogen and oxygen atoms in total. The van der Waals surface area contributed by atoms with Gasteiger partial charge in [-0.25, -0.2) is 9.59 Å². The molecule has 0 rings (SSSR count). The van der Waals surface area contributed by atoms with Gasteiger partial charge in [0.25, 0.3) is 0 Å². The van der Waals surface area contributed by atoms with Gasteiger partial charge in [0.15, 0.2) is 0 Å². The van der Waals surface area contributed by atoms with Gasteiger partial charge in [-0.05, 0) is 26.7 Å². The van der Waals surface area contributed by atoms with E-state index in [-0.39, 0.29) is 38.9 Å². The van der Waals surface area contributed by atoms with Gasteiger partial charge in [-0.2, -0.15) is 0 Å². The van der Waals surface area contributed by atoms with Crippen LogP contribution in [-0.2, 0) is 28.7 Å². The summed E-state index contributed by atoms with van der Waals surface area (Å²) >= 11 is 0. The summed E-state index contributed by atoms with van der Waals surface area (Å²) in [4.78, 5) is 44.7. The van der Waals surface area contributed by atoms with E-state index in [0.717, 1.165) is 0 Å². The van der Waals surface area contributed by atoms with Crippen molar-refractivity contribution in [1.82, 2.24) is 0 Å². The minimum absolute atomic E-state index is 0.0188. The van der Waals surface area contributed by atoms with Crippen LogP contribution in [0.2, 0.25) is 0 Å². The Morgan fingerprint density at radius 1 is 0.778 bits per heavy atom. The summed E-state index contributed by atoms with van der Waals surface area (Å²) in [6.45, 7) is 6.65. The standard InChI is InChI=1S/C19H28O8/c1-13(7-5-9-15(20)21)17(24)26-11-19(3,4)12-27-18(25)14(2)8-6-10-16(22)23/h7-8H,5-6,9-12H2,1-4H3,(H,20,21)(H,22,23). The van der Waals surface area contributed by atoms with Gasteiger partial charge >= 0.3 is 23.9 Å². The van der Waals surface area contributed by atoms with Gasteiger partial charge in [0.2, 0.25) is 0 Å². The Balaban J connectivity index is 4.39. The smallest absolute Gasteiger partial charge is 0.333 e. The van der Waals surface area contributed by atoms with E-state index in [0.29, 0.717) is 11.1 Å². The van der Waals surface area contributed by atoms with Crippen LogP contribution < -0.4 is 0 Å². The zero-order chi connectivity index (χ0) is 21.0. The molecule has 0 aromatic rings. The molecule has 0 fully saturated rings. The van der Waals surface area contributed by atoms with E-state index >= 15 is 0 Å². The number of hydrogen-bond acceptors (Lipinski definition) is 6. The van der Waals surface area contributed by atoms with Gasteiger partial charge in [0, 0.05) is 29.4 Å². The van der Waals surface area contributed by atoms with Crippen molar-refractivity contribution in [2.75, 3.05) is 13.2 Å². The minimum Gasteiger partial charge on any atom is -0.481 e. The third-order valence-corrected chi connectivity index (χ3v) is 3.45. The molecule has 8 heteroatoms. The molecule has 0 bridgehead atoms. The Labute approximate surface area is 158 Å². The summed E-state index contributed by atoms with van der Waals surface area (Å²) in [5, 5.41) is 17.1. The molecule has 0 amide bonds. The van der Waals surface area contributed by atoms with Gasteiger partial charge in [0.05, 0.1) is 13.2 Å². The fraction of sp³-hybridized carbons (Fsp3) is 0.579. The number of ether oxygens (including phenoxy) is 2. The predicted octanol–water partition coefficient (Wildman–Crippen LogP) is 2.72. The molecule has 0 aliphatic heterocycles. The van der Waals surface area contributed by atoms with Crippen LogP contribution in [0.5, 0.6) is 0 Å². The fourth-order valence-corrected chi connectivity index (χ4v) is 1.78. The monoisotopic (exact) mass is 384 g/mol. The van der Waals surface area contributed by atoms with E-state index in [4.69, 9.17) is 19.7 Å². The molecular weight excluding hydrogens is 356 g/mol. The molecule has 0 aromatic carbocycles. The Bertz CT molecular complexity index is 561. The van der Waals surface area contributed by atoms with Crippen molar-refractivity contribution in [3.05, 3.63) is 23.3 Å². The largest absolute Gasteiger partial charge is 0.481 e. The molecular formula is C19H28O8. The van der Waals surface area contributed by atoms with Crippen molar-refractivity contribution in [2.24, 2.45) is 5.41 Å². The third kappa shape index (κ3) is 12.4. The molecule has 152 valence electrons. The molecule has 0 unspecified atom stereocenters. The highest BCUT2D eigenvalue weighted by atomic mass is 16.5. The van der Waals surface area contributed by atoms with E-state index in [1.54, 1.807) is 27.7 Å². The SMILES string of the molecule is CC(=CCCC(=O)O)C(=O)OCC(C)(C)COC(=O)C(C)=CCCC(=O)O. The third-order valence-electron chi connectivity index (χ3n) is 3.45. The second kappa shape index (κ2) is 11.9. The highest BCUT2D eigenvalue weighted by Gasteiger charge is 2.23. The Morgan fingerprint density at radius 2 is 1.11 bits per heavy atom. The lowest BCUT2D eigenvalue weighted by molar-refractivity contribution is -0.148. The van der Waals surface area contributed by atoms with Crippen LogP contribution in [0, 0.1) is 5.41 Å². The van der Waals surface area contributed by atoms with Crippen LogP contribution in [0.4, 0.5) is 0 Å². The zero-order valence-corrected chi connectivity index (χ0v) is 16.2. The van der Waals surface area contributed by atoms with E-state index in [1.165, 1.54) is 12.2 Å². The van der Waals surface area contributed by atoms with Crippen LogP contribution in [0.15, 0.2) is 23.3 Å². The molecule has 0 aliphatic rings. The van der Waals surface area contributed by atoms with Crippen LogP contribution in [-0.4, -0.2) is 47.3 Å². The zero-order valence-electron chi connectivity index (χ0n) is 16.2. The number of carbonyl (C=O) groups is 4. The van der Waals surface area contributed by atoms with E-state index in [1.807, 2.05) is 0 Å². The summed E-state index contributed by atoms with van der Waals surface area (Å²) in [6, 6.07) is 0. The highest BCUT2D eigenvalue weighted by Crippen LogP contribution is 2.18. The van der Waals surface area contributed by atoms with E-state index < -0.39 is 29.3 Å². The number of carboxylic acids is 2. The molecule has 0 saturated heterocycles. The van der Waals surface area contributed by atoms with Gasteiger partial charge in [0.1, 0.15) is 0 Å². The summed E-state index contributed by atoms with van der Waals surface area (Å²) in [5.74, 6) is -2.99. The molecule has 0 aromatic heterocycles. The Hall–Kier alpha value is -2.64. The van der Waals surface area contributed by atoms with Gasteiger partial charge in [-0.15, -0.1) is 0 Å². The number of esters is 2. The van der Waals surface area contributed by atoms with Gasteiger partial charge < -0.3 is 19.7 Å². The first-order valence-electron chi connectivity index (χ1n) is 8.56. The van der Waals surface area contributed by atoms with Crippen molar-refractivity contribution < 1.29 is 38.9 Å². The quantitative estimate of drug-likeness (QED) is 0.388. The molecule has 0 heterocycles. The molecule has 0 radical (unpaired) electrons. The first kappa shape index (κ1) is 24.4. The summed E-state index contributed by atoms with van der Waals surface area (Å²) in [5.41, 5.74) is 0.0242. The van der Waals surface area contributed by atoms with Crippen LogP contribution >= 0.6 is 0 Å². The molecule has 0 spiro atoms. The number of hydrogen-bond donors (Lipinski definition) is 2. The lowest BCUT2D eigenvalue weighted by Gasteiger charge is -2.23. The maximum atomic E-state index is 11.9. The van der Waals surface area contributed by atoms with Crippen LogP contribution in [0.25, 0.3) is 0 Å². The van der Waals surface area contributed by atoms with Gasteiger partial charge in [-0.3, -0.25) is 9.59 Å². The predicted molar refractivity (Wildman–Crippen MR) is 97.0 cm³/mol. The number of rotatable bonds is 12. The normalized spacial score (nSPS) is 12.4. The molecule has 0 atom stereocenters. The van der Waals surface area contributed by atoms with Crippen LogP contribution in [0.3, 0.4) is 0 Å². The maximum Gasteiger partial charge on any atom is 0.333 e. The number of carboxylic acid groups (broad SMARTS) is 2. The Morgan fingerprint density at radius 3 is 1.41 bits per heavy atom. The van der Waals surface area contributed by atoms with Crippen molar-refractivity contribution >= 4 is 23.9 Å². The first-order valence-corrected chi connectivity index (χ1v) is 8.56. The Kier molecular flexibility index (Phi) is 10.7. The van der Waals surface area contributed by atoms with Crippen molar-refractivity contribution in [3.8, 4) is 0 Å². The van der Waals surface area contributed by atoms with Crippen molar-refractivity contribution in [3.63, 3.8) is 0 Å². The average molecular weight is 384 g/mol. The maximum absolute atomic E-state index is 11.9. The number of aliphatic carboxylic acids is 2. The van der Waals surface area contributed by atoms with Crippen LogP contribution in [0.1, 0.15) is 53.4 Å². The fourth-order valence-electron chi connectivity index (χ4n) is 1.78. The topological polar surface area (TPSA) is 127 Å². The van der Waals surface area contributed by atoms with E-state index in [9.17, 15) is 19.2 Å². The lowest BCUT2D eigenvalue weighted by Crippen LogP contribution is -2.29. The molecule has 0 aliphatic carbocycles. The second-order valence-electron chi connectivity index (χ2n) is 6.96. The molecule has 27 heavy (non-hydrogen) atoms. The molecule has 2 N–H and O–H groups in total. The highest BCUT2D eigenvalue weighted by molar-refractivity contribution is 5.88. The first-order chi connectivity index (χ1) is 12.4. The number of carbonyl (C=O) groups excluding carboxylic acids is 2. The van der Waals surface area contributed by atoms with Crippen molar-refractivity contribution in [2.45, 2.75) is 53.4 Å². The second-order valence-corrected chi connectivity index (χ2v) is 6.96. The van der Waals surface area contributed by atoms with E-state index in [2.05, 4.69) is 0 Å². The lowest BCUT2D eigenvalue weighted by atomic mass is 9.96. The summed E-state index contributed by atoms with van der Waals surface area (Å²) < 4.78 is 10.4. The summed E-state index contributed by atoms with van der Waals surface area (Å²) in [7, 11) is 0. The summed E-state index contributed by atoms with van der Waals surface area (Å²) in [6.07, 6.45) is 3.37. The molecule has 0 saturated carbocycles. The average Bonchev–Trinajstić information content (AvgIpc) is 2.56. The number of allylic oxidation sites excluding steroid dienone is 2.